The van der Waals surface area contributed by atoms with Crippen LogP contribution in [0.1, 0.15) is 13.3 Å². The molecule has 0 aliphatic carbocycles. The molecular formula is C11H13ClN4O. The van der Waals surface area contributed by atoms with Crippen molar-refractivity contribution in [3.8, 4) is 11.6 Å². The second-order valence-electron chi connectivity index (χ2n) is 3.59. The highest BCUT2D eigenvalue weighted by Crippen LogP contribution is 2.30. The Morgan fingerprint density at radius 3 is 3.06 bits per heavy atom. The van der Waals surface area contributed by atoms with Crippen LogP contribution in [0.15, 0.2) is 24.4 Å². The minimum Gasteiger partial charge on any atom is -0.436 e. The third-order valence-electron chi connectivity index (χ3n) is 2.19. The molecule has 2 N–H and O–H groups in total. The van der Waals surface area contributed by atoms with E-state index in [1.165, 1.54) is 0 Å². The first kappa shape index (κ1) is 11.7. The molecule has 2 rings (SSSR count). The number of rotatable bonds is 4. The molecule has 0 amide bonds. The molecule has 1 heterocycles. The smallest absolute Gasteiger partial charge is 0.238 e. The zero-order valence-corrected chi connectivity index (χ0v) is 10.2. The summed E-state index contributed by atoms with van der Waals surface area (Å²) in [6.07, 6.45) is 2.50. The van der Waals surface area contributed by atoms with Gasteiger partial charge in [0.25, 0.3) is 0 Å². The lowest BCUT2D eigenvalue weighted by molar-refractivity contribution is 0.407. The van der Waals surface area contributed by atoms with E-state index in [0.717, 1.165) is 13.0 Å². The van der Waals surface area contributed by atoms with Crippen LogP contribution in [0.5, 0.6) is 11.6 Å². The maximum Gasteiger partial charge on any atom is 0.238 e. The topological polar surface area (TPSA) is 66.0 Å². The van der Waals surface area contributed by atoms with Crippen molar-refractivity contribution in [2.75, 3.05) is 5.73 Å². The second kappa shape index (κ2) is 5.05. The first-order valence-corrected chi connectivity index (χ1v) is 5.70. The Morgan fingerprint density at radius 1 is 1.47 bits per heavy atom. The van der Waals surface area contributed by atoms with E-state index in [-0.39, 0.29) is 0 Å². The van der Waals surface area contributed by atoms with Crippen molar-refractivity contribution in [3.63, 3.8) is 0 Å². The van der Waals surface area contributed by atoms with Crippen molar-refractivity contribution in [2.45, 2.75) is 19.9 Å². The Hall–Kier alpha value is -1.75. The Morgan fingerprint density at radius 2 is 2.29 bits per heavy atom. The van der Waals surface area contributed by atoms with E-state index >= 15 is 0 Å². The van der Waals surface area contributed by atoms with E-state index in [4.69, 9.17) is 22.1 Å². The van der Waals surface area contributed by atoms with Crippen LogP contribution in [0.3, 0.4) is 0 Å². The minimum absolute atomic E-state index is 0.503. The van der Waals surface area contributed by atoms with Crippen molar-refractivity contribution >= 4 is 17.3 Å². The van der Waals surface area contributed by atoms with Gasteiger partial charge in [0, 0.05) is 18.3 Å². The number of hydrogen-bond acceptors (Lipinski definition) is 4. The molecule has 0 spiro atoms. The summed E-state index contributed by atoms with van der Waals surface area (Å²) in [4.78, 5) is 0. The molecule has 90 valence electrons. The van der Waals surface area contributed by atoms with Crippen LogP contribution in [0.25, 0.3) is 0 Å². The Balaban J connectivity index is 2.25. The number of aryl methyl sites for hydroxylation is 1. The summed E-state index contributed by atoms with van der Waals surface area (Å²) >= 11 is 6.01. The zero-order valence-electron chi connectivity index (χ0n) is 9.43. The predicted octanol–water partition coefficient (Wildman–Crippen LogP) is 2.72. The van der Waals surface area contributed by atoms with Gasteiger partial charge < -0.3 is 10.5 Å². The van der Waals surface area contributed by atoms with Gasteiger partial charge in [-0.05, 0) is 18.6 Å². The van der Waals surface area contributed by atoms with E-state index in [1.807, 2.05) is 0 Å². The molecule has 17 heavy (non-hydrogen) atoms. The molecule has 6 heteroatoms. The molecule has 0 aliphatic rings. The second-order valence-corrected chi connectivity index (χ2v) is 3.99. The normalized spacial score (nSPS) is 10.5. The van der Waals surface area contributed by atoms with Crippen molar-refractivity contribution in [1.82, 2.24) is 15.0 Å². The molecule has 0 fully saturated rings. The molecule has 0 saturated carbocycles. The van der Waals surface area contributed by atoms with Gasteiger partial charge in [0.15, 0.2) is 0 Å². The summed E-state index contributed by atoms with van der Waals surface area (Å²) < 4.78 is 7.32. The lowest BCUT2D eigenvalue weighted by Gasteiger charge is -2.08. The van der Waals surface area contributed by atoms with Crippen LogP contribution in [-0.4, -0.2) is 15.0 Å². The van der Waals surface area contributed by atoms with E-state index in [9.17, 15) is 0 Å². The first-order valence-electron chi connectivity index (χ1n) is 5.32. The van der Waals surface area contributed by atoms with Crippen LogP contribution in [0, 0.1) is 0 Å². The summed E-state index contributed by atoms with van der Waals surface area (Å²) in [6, 6.07) is 5.09. The molecule has 0 bridgehead atoms. The average Bonchev–Trinajstić information content (AvgIpc) is 2.72. The van der Waals surface area contributed by atoms with Crippen LogP contribution in [0.4, 0.5) is 5.69 Å². The van der Waals surface area contributed by atoms with Gasteiger partial charge in [-0.3, -0.25) is 0 Å². The van der Waals surface area contributed by atoms with Gasteiger partial charge >= 0.3 is 0 Å². The maximum atomic E-state index is 6.01. The quantitative estimate of drug-likeness (QED) is 0.850. The molecule has 5 nitrogen and oxygen atoms in total. The average molecular weight is 253 g/mol. The molecule has 2 aromatic rings. The molecule has 0 radical (unpaired) electrons. The van der Waals surface area contributed by atoms with Crippen LogP contribution < -0.4 is 10.5 Å². The first-order chi connectivity index (χ1) is 8.20. The molecule has 1 aromatic heterocycles. The van der Waals surface area contributed by atoms with E-state index in [2.05, 4.69) is 17.2 Å². The van der Waals surface area contributed by atoms with Crippen LogP contribution in [0.2, 0.25) is 5.02 Å². The number of aromatic nitrogens is 3. The molecule has 0 unspecified atom stereocenters. The Labute approximate surface area is 104 Å². The number of nitrogen functional groups attached to an aromatic ring is 1. The fraction of sp³-hybridized carbons (Fsp3) is 0.273. The molecule has 0 saturated heterocycles. The van der Waals surface area contributed by atoms with E-state index in [1.54, 1.807) is 29.1 Å². The van der Waals surface area contributed by atoms with Gasteiger partial charge in [0.1, 0.15) is 11.9 Å². The number of anilines is 1. The summed E-state index contributed by atoms with van der Waals surface area (Å²) in [7, 11) is 0. The number of halogens is 1. The molecular weight excluding hydrogens is 240 g/mol. The van der Waals surface area contributed by atoms with Crippen molar-refractivity contribution < 1.29 is 4.74 Å². The monoisotopic (exact) mass is 252 g/mol. The number of hydrogen-bond donors (Lipinski definition) is 1. The molecule has 1 aromatic carbocycles. The van der Waals surface area contributed by atoms with E-state index < -0.39 is 0 Å². The highest BCUT2D eigenvalue weighted by molar-refractivity contribution is 6.32. The number of nitrogens with two attached hydrogens (primary N) is 1. The number of benzene rings is 1. The van der Waals surface area contributed by atoms with Gasteiger partial charge in [-0.1, -0.05) is 23.7 Å². The third kappa shape index (κ3) is 2.68. The van der Waals surface area contributed by atoms with Gasteiger partial charge in [-0.2, -0.15) is 0 Å². The fourth-order valence-corrected chi connectivity index (χ4v) is 1.56. The maximum absolute atomic E-state index is 6.01. The Bertz CT molecular complexity index is 512. The minimum atomic E-state index is 0.503. The van der Waals surface area contributed by atoms with Crippen LogP contribution in [-0.2, 0) is 6.54 Å². The number of ether oxygens (including phenoxy) is 1. The highest BCUT2D eigenvalue weighted by Gasteiger charge is 2.08. The van der Waals surface area contributed by atoms with Crippen molar-refractivity contribution in [3.05, 3.63) is 29.4 Å². The van der Waals surface area contributed by atoms with E-state index in [0.29, 0.717) is 22.3 Å². The molecule has 0 aliphatic heterocycles. The SMILES string of the molecule is CCCn1nncc1Oc1cc(N)ccc1Cl. The summed E-state index contributed by atoms with van der Waals surface area (Å²) in [5.41, 5.74) is 6.27. The predicted molar refractivity (Wildman–Crippen MR) is 66.3 cm³/mol. The van der Waals surface area contributed by atoms with Crippen LogP contribution >= 0.6 is 11.6 Å². The lowest BCUT2D eigenvalue weighted by Crippen LogP contribution is -2.02. The third-order valence-corrected chi connectivity index (χ3v) is 2.50. The van der Waals surface area contributed by atoms with Crippen molar-refractivity contribution in [2.24, 2.45) is 0 Å². The standard InChI is InChI=1S/C11H13ClN4O/c1-2-5-16-11(7-14-15-16)17-10-6-8(13)3-4-9(10)12/h3-4,6-7H,2,5,13H2,1H3. The Kier molecular flexibility index (Phi) is 3.49. The highest BCUT2D eigenvalue weighted by atomic mass is 35.5. The fourth-order valence-electron chi connectivity index (χ4n) is 1.40. The van der Waals surface area contributed by atoms with Gasteiger partial charge in [-0.15, -0.1) is 5.10 Å². The summed E-state index contributed by atoms with van der Waals surface area (Å²) in [6.45, 7) is 2.80. The molecule has 0 atom stereocenters. The lowest BCUT2D eigenvalue weighted by atomic mass is 10.3. The van der Waals surface area contributed by atoms with Gasteiger partial charge in [-0.25, -0.2) is 4.68 Å². The van der Waals surface area contributed by atoms with Gasteiger partial charge in [0.2, 0.25) is 5.88 Å². The summed E-state index contributed by atoms with van der Waals surface area (Å²) in [5.74, 6) is 1.06. The number of nitrogens with zero attached hydrogens (tertiary/aromatic N) is 3. The van der Waals surface area contributed by atoms with Gasteiger partial charge in [0.05, 0.1) is 5.02 Å². The largest absolute Gasteiger partial charge is 0.436 e. The van der Waals surface area contributed by atoms with Crippen molar-refractivity contribution in [1.29, 1.82) is 0 Å². The summed E-state index contributed by atoms with van der Waals surface area (Å²) in [5, 5.41) is 8.23. The zero-order chi connectivity index (χ0) is 12.3.